The Morgan fingerprint density at radius 2 is 2.14 bits per heavy atom. The van der Waals surface area contributed by atoms with Crippen LogP contribution in [0.1, 0.15) is 5.56 Å². The maximum absolute atomic E-state index is 11.1. The normalized spacial score (nSPS) is 14.7. The highest BCUT2D eigenvalue weighted by molar-refractivity contribution is 8.29. The molecule has 1 unspecified atom stereocenters. The summed E-state index contributed by atoms with van der Waals surface area (Å²) in [7, 11) is -3.70. The smallest absolute Gasteiger partial charge is 0.288 e. The molecular weight excluding hydrogens is 226 g/mol. The van der Waals surface area contributed by atoms with Crippen molar-refractivity contribution in [1.82, 2.24) is 0 Å². The molecule has 0 radical (unpaired) electrons. The summed E-state index contributed by atoms with van der Waals surface area (Å²) in [6, 6.07) is 3.94. The molecule has 7 heteroatoms. The van der Waals surface area contributed by atoms with Crippen molar-refractivity contribution in [1.29, 1.82) is 0 Å². The van der Waals surface area contributed by atoms with E-state index in [1.54, 1.807) is 6.92 Å². The largest absolute Gasteiger partial charge is 0.302 e. The Bertz CT molecular complexity index is 480. The first-order valence-electron chi connectivity index (χ1n) is 3.55. The number of nitrogens with zero attached hydrogens (tertiary/aromatic N) is 1. The van der Waals surface area contributed by atoms with Gasteiger partial charge in [-0.15, -0.1) is 0 Å². The van der Waals surface area contributed by atoms with Gasteiger partial charge in [0.15, 0.2) is 8.77 Å². The molecule has 1 atom stereocenters. The standard InChI is InChI=1S/C7H7NO4S2/c1-5-2-3-7(14(11,12)13)6(4-5)8(9)10/h2-4H,1H3,(H,11,12,13). The Labute approximate surface area is 85.4 Å². The zero-order valence-electron chi connectivity index (χ0n) is 7.17. The fourth-order valence-electron chi connectivity index (χ4n) is 0.988. The Hall–Kier alpha value is -1.05. The molecule has 76 valence electrons. The maximum atomic E-state index is 11.1. The van der Waals surface area contributed by atoms with Gasteiger partial charge in [0, 0.05) is 17.3 Å². The van der Waals surface area contributed by atoms with Crippen LogP contribution in [-0.4, -0.2) is 13.7 Å². The average Bonchev–Trinajstić information content (AvgIpc) is 2.01. The van der Waals surface area contributed by atoms with Crippen LogP contribution in [-0.2, 0) is 20.0 Å². The number of hydrogen-bond acceptors (Lipinski definition) is 4. The van der Waals surface area contributed by atoms with E-state index in [0.29, 0.717) is 5.56 Å². The molecule has 1 aromatic carbocycles. The van der Waals surface area contributed by atoms with Gasteiger partial charge in [-0.1, -0.05) is 6.07 Å². The van der Waals surface area contributed by atoms with Gasteiger partial charge in [-0.05, 0) is 18.6 Å². The van der Waals surface area contributed by atoms with Crippen LogP contribution >= 0.6 is 0 Å². The van der Waals surface area contributed by atoms with E-state index in [4.69, 9.17) is 4.55 Å². The SMILES string of the molecule is Cc1ccc(S(=O)(O)=S)c([N+](=O)[O-])c1. The summed E-state index contributed by atoms with van der Waals surface area (Å²) in [4.78, 5) is 9.51. The number of benzene rings is 1. The predicted octanol–water partition coefficient (Wildman–Crippen LogP) is 1.48. The minimum Gasteiger partial charge on any atom is -0.302 e. The van der Waals surface area contributed by atoms with E-state index < -0.39 is 19.4 Å². The molecule has 0 fully saturated rings. The quantitative estimate of drug-likeness (QED) is 0.618. The molecule has 5 nitrogen and oxygen atoms in total. The van der Waals surface area contributed by atoms with Crippen LogP contribution in [0.25, 0.3) is 0 Å². The van der Waals surface area contributed by atoms with Crippen LogP contribution < -0.4 is 0 Å². The van der Waals surface area contributed by atoms with Crippen molar-refractivity contribution in [2.24, 2.45) is 0 Å². The second-order valence-corrected chi connectivity index (χ2v) is 5.45. The van der Waals surface area contributed by atoms with Gasteiger partial charge in [0.2, 0.25) is 0 Å². The highest BCUT2D eigenvalue weighted by Gasteiger charge is 2.20. The van der Waals surface area contributed by atoms with Crippen LogP contribution in [0.5, 0.6) is 0 Å². The number of hydrogen-bond donors (Lipinski definition) is 1. The third-order valence-corrected chi connectivity index (χ3v) is 3.03. The Morgan fingerprint density at radius 3 is 2.57 bits per heavy atom. The van der Waals surface area contributed by atoms with E-state index in [1.165, 1.54) is 18.2 Å². The van der Waals surface area contributed by atoms with Crippen molar-refractivity contribution in [3.05, 3.63) is 33.9 Å². The van der Waals surface area contributed by atoms with Gasteiger partial charge in [0.1, 0.15) is 4.90 Å². The lowest BCUT2D eigenvalue weighted by atomic mass is 10.2. The molecule has 0 saturated carbocycles. The van der Waals surface area contributed by atoms with E-state index in [9.17, 15) is 14.3 Å². The summed E-state index contributed by atoms with van der Waals surface area (Å²) in [5, 5.41) is 10.5. The van der Waals surface area contributed by atoms with E-state index in [-0.39, 0.29) is 4.90 Å². The van der Waals surface area contributed by atoms with Crippen molar-refractivity contribution in [2.45, 2.75) is 11.8 Å². The van der Waals surface area contributed by atoms with Crippen LogP contribution in [0, 0.1) is 17.0 Å². The fraction of sp³-hybridized carbons (Fsp3) is 0.143. The average molecular weight is 233 g/mol. The second-order valence-electron chi connectivity index (χ2n) is 2.70. The van der Waals surface area contributed by atoms with Gasteiger partial charge in [-0.2, -0.15) is 0 Å². The molecular formula is C7H7NO4S2. The molecule has 0 heterocycles. The topological polar surface area (TPSA) is 80.4 Å². The van der Waals surface area contributed by atoms with Crippen molar-refractivity contribution in [2.75, 3.05) is 0 Å². The van der Waals surface area contributed by atoms with Gasteiger partial charge in [-0.3, -0.25) is 10.1 Å². The number of aryl methyl sites for hydroxylation is 1. The van der Waals surface area contributed by atoms with Crippen molar-refractivity contribution < 1.29 is 13.7 Å². The fourth-order valence-corrected chi connectivity index (χ4v) is 2.05. The molecule has 0 aliphatic heterocycles. The van der Waals surface area contributed by atoms with E-state index in [1.807, 2.05) is 0 Å². The molecule has 0 aliphatic rings. The maximum Gasteiger partial charge on any atom is 0.288 e. The van der Waals surface area contributed by atoms with Gasteiger partial charge < -0.3 is 4.55 Å². The lowest BCUT2D eigenvalue weighted by Gasteiger charge is -2.01. The molecule has 0 bridgehead atoms. The van der Waals surface area contributed by atoms with E-state index in [0.717, 1.165) is 0 Å². The first-order valence-corrected chi connectivity index (χ1v) is 5.99. The molecule has 0 amide bonds. The number of rotatable bonds is 2. The van der Waals surface area contributed by atoms with Crippen LogP contribution in [0.3, 0.4) is 0 Å². The summed E-state index contributed by atoms with van der Waals surface area (Å²) in [5.41, 5.74) is 0.228. The van der Waals surface area contributed by atoms with Crippen LogP contribution in [0.4, 0.5) is 5.69 Å². The number of nitro benzene ring substituents is 1. The van der Waals surface area contributed by atoms with Gasteiger partial charge in [0.25, 0.3) is 5.69 Å². The molecule has 1 N–H and O–H groups in total. The van der Waals surface area contributed by atoms with Crippen molar-refractivity contribution in [3.8, 4) is 0 Å². The van der Waals surface area contributed by atoms with Crippen LogP contribution in [0.15, 0.2) is 23.1 Å². The highest BCUT2D eigenvalue weighted by atomic mass is 32.8. The van der Waals surface area contributed by atoms with Gasteiger partial charge in [0.05, 0.1) is 4.92 Å². The highest BCUT2D eigenvalue weighted by Crippen LogP contribution is 2.24. The van der Waals surface area contributed by atoms with Gasteiger partial charge >= 0.3 is 0 Å². The minimum atomic E-state index is -3.70. The Kier molecular flexibility index (Phi) is 2.84. The zero-order chi connectivity index (χ0) is 10.9. The molecule has 0 saturated heterocycles. The lowest BCUT2D eigenvalue weighted by molar-refractivity contribution is -0.387. The van der Waals surface area contributed by atoms with Crippen LogP contribution in [0.2, 0.25) is 0 Å². The first kappa shape index (κ1) is 11.0. The summed E-state index contributed by atoms with van der Waals surface area (Å²) >= 11 is 4.28. The first-order chi connectivity index (χ1) is 6.32. The van der Waals surface area contributed by atoms with Crippen molar-refractivity contribution >= 4 is 25.6 Å². The number of nitro groups is 1. The Balaban J connectivity index is 3.53. The molecule has 1 rings (SSSR count). The summed E-state index contributed by atoms with van der Waals surface area (Å²) in [5.74, 6) is 0. The summed E-state index contributed by atoms with van der Waals surface area (Å²) in [6.45, 7) is 1.65. The second kappa shape index (κ2) is 3.60. The zero-order valence-corrected chi connectivity index (χ0v) is 8.80. The van der Waals surface area contributed by atoms with Crippen molar-refractivity contribution in [3.63, 3.8) is 0 Å². The van der Waals surface area contributed by atoms with E-state index >= 15 is 0 Å². The third kappa shape index (κ3) is 2.25. The molecule has 1 aromatic rings. The lowest BCUT2D eigenvalue weighted by Crippen LogP contribution is -2.02. The molecule has 0 aromatic heterocycles. The Morgan fingerprint density at radius 1 is 1.57 bits per heavy atom. The monoisotopic (exact) mass is 233 g/mol. The predicted molar refractivity (Wildman–Crippen MR) is 54.2 cm³/mol. The van der Waals surface area contributed by atoms with E-state index in [2.05, 4.69) is 11.2 Å². The molecule has 0 spiro atoms. The molecule has 14 heavy (non-hydrogen) atoms. The summed E-state index contributed by atoms with van der Waals surface area (Å²) < 4.78 is 20.1. The molecule has 0 aliphatic carbocycles. The summed E-state index contributed by atoms with van der Waals surface area (Å²) in [6.07, 6.45) is 0. The van der Waals surface area contributed by atoms with Gasteiger partial charge in [-0.25, -0.2) is 4.21 Å². The minimum absolute atomic E-state index is 0.317. The third-order valence-electron chi connectivity index (χ3n) is 1.59.